The normalized spacial score (nSPS) is 20.9. The molecule has 0 bridgehead atoms. The molecule has 2 atom stereocenters. The molecule has 20 heavy (non-hydrogen) atoms. The van der Waals surface area contributed by atoms with Gasteiger partial charge in [-0.25, -0.2) is 0 Å². The number of hydrogen-bond donors (Lipinski definition) is 1. The highest BCUT2D eigenvalue weighted by Crippen LogP contribution is 2.30. The molecule has 3 nitrogen and oxygen atoms in total. The van der Waals surface area contributed by atoms with Crippen LogP contribution >= 0.6 is 0 Å². The van der Waals surface area contributed by atoms with Gasteiger partial charge >= 0.3 is 0 Å². The summed E-state index contributed by atoms with van der Waals surface area (Å²) in [5.74, 6) is 0.663. The molecular weight excluding hydrogens is 248 g/mol. The minimum Gasteiger partial charge on any atom is -0.384 e. The Kier molecular flexibility index (Phi) is 5.86. The number of anilines is 1. The number of methoxy groups -OCH3 is 1. The Morgan fingerprint density at radius 3 is 2.95 bits per heavy atom. The highest BCUT2D eigenvalue weighted by Gasteiger charge is 2.22. The van der Waals surface area contributed by atoms with Crippen molar-refractivity contribution in [3.05, 3.63) is 29.8 Å². The van der Waals surface area contributed by atoms with Crippen LogP contribution in [0.1, 0.15) is 38.3 Å². The standard InChI is InChI=1S/C17H28N2O/c1-4-18-14(2)16-9-5-6-10-17(16)19-11-7-8-15(12-19)13-20-3/h5-6,9-10,14-15,18H,4,7-8,11-13H2,1-3H3. The van der Waals surface area contributed by atoms with Crippen molar-refractivity contribution >= 4 is 5.69 Å². The van der Waals surface area contributed by atoms with Gasteiger partial charge in [0.25, 0.3) is 0 Å². The highest BCUT2D eigenvalue weighted by molar-refractivity contribution is 5.55. The summed E-state index contributed by atoms with van der Waals surface area (Å²) in [5, 5.41) is 3.53. The highest BCUT2D eigenvalue weighted by atomic mass is 16.5. The third-order valence-electron chi connectivity index (χ3n) is 4.18. The lowest BCUT2D eigenvalue weighted by molar-refractivity contribution is 0.143. The molecule has 2 rings (SSSR count). The van der Waals surface area contributed by atoms with Gasteiger partial charge in [0.05, 0.1) is 6.61 Å². The number of hydrogen-bond acceptors (Lipinski definition) is 3. The van der Waals surface area contributed by atoms with Gasteiger partial charge in [0.15, 0.2) is 0 Å². The van der Waals surface area contributed by atoms with Crippen LogP contribution in [0.4, 0.5) is 5.69 Å². The number of rotatable bonds is 6. The molecule has 1 aromatic rings. The van der Waals surface area contributed by atoms with E-state index in [0.717, 1.165) is 26.2 Å². The summed E-state index contributed by atoms with van der Waals surface area (Å²) in [6.45, 7) is 8.57. The zero-order valence-electron chi connectivity index (χ0n) is 13.1. The van der Waals surface area contributed by atoms with E-state index in [-0.39, 0.29) is 0 Å². The monoisotopic (exact) mass is 276 g/mol. The van der Waals surface area contributed by atoms with Crippen molar-refractivity contribution in [3.63, 3.8) is 0 Å². The molecule has 0 aromatic heterocycles. The SMILES string of the molecule is CCNC(C)c1ccccc1N1CCCC(COC)C1. The van der Waals surface area contributed by atoms with Crippen molar-refractivity contribution in [1.29, 1.82) is 0 Å². The number of nitrogens with one attached hydrogen (secondary N) is 1. The first-order valence-corrected chi connectivity index (χ1v) is 7.82. The van der Waals surface area contributed by atoms with E-state index in [2.05, 4.69) is 48.3 Å². The number of ether oxygens (including phenoxy) is 1. The lowest BCUT2D eigenvalue weighted by Gasteiger charge is -2.36. The van der Waals surface area contributed by atoms with Crippen LogP contribution in [-0.2, 0) is 4.74 Å². The van der Waals surface area contributed by atoms with Gasteiger partial charge in [-0.05, 0) is 43.9 Å². The van der Waals surface area contributed by atoms with Crippen LogP contribution < -0.4 is 10.2 Å². The van der Waals surface area contributed by atoms with Crippen molar-refractivity contribution in [2.75, 3.05) is 38.3 Å². The molecule has 1 aliphatic rings. The van der Waals surface area contributed by atoms with Gasteiger partial charge in [0, 0.05) is 31.9 Å². The van der Waals surface area contributed by atoms with Crippen LogP contribution in [0.15, 0.2) is 24.3 Å². The molecule has 1 aliphatic heterocycles. The summed E-state index contributed by atoms with van der Waals surface area (Å²) < 4.78 is 5.34. The summed E-state index contributed by atoms with van der Waals surface area (Å²) in [6.07, 6.45) is 2.55. The summed E-state index contributed by atoms with van der Waals surface area (Å²) in [4.78, 5) is 2.54. The first-order valence-electron chi connectivity index (χ1n) is 7.82. The fourth-order valence-electron chi connectivity index (χ4n) is 3.21. The minimum absolute atomic E-state index is 0.402. The van der Waals surface area contributed by atoms with E-state index in [4.69, 9.17) is 4.74 Å². The summed E-state index contributed by atoms with van der Waals surface area (Å²) in [6, 6.07) is 9.21. The average Bonchev–Trinajstić information content (AvgIpc) is 2.48. The van der Waals surface area contributed by atoms with Gasteiger partial charge in [0.2, 0.25) is 0 Å². The molecule has 0 amide bonds. The van der Waals surface area contributed by atoms with Gasteiger partial charge in [-0.1, -0.05) is 25.1 Å². The van der Waals surface area contributed by atoms with E-state index in [9.17, 15) is 0 Å². The molecule has 1 N–H and O–H groups in total. The van der Waals surface area contributed by atoms with Crippen LogP contribution in [0.25, 0.3) is 0 Å². The first-order chi connectivity index (χ1) is 9.76. The predicted octanol–water partition coefficient (Wildman–Crippen LogP) is 3.22. The van der Waals surface area contributed by atoms with Crippen LogP contribution in [0, 0.1) is 5.92 Å². The molecular formula is C17H28N2O. The Hall–Kier alpha value is -1.06. The molecule has 1 heterocycles. The van der Waals surface area contributed by atoms with Gasteiger partial charge in [0.1, 0.15) is 0 Å². The van der Waals surface area contributed by atoms with Crippen LogP contribution in [0.3, 0.4) is 0 Å². The number of nitrogens with zero attached hydrogens (tertiary/aromatic N) is 1. The second-order valence-electron chi connectivity index (χ2n) is 5.75. The van der Waals surface area contributed by atoms with E-state index >= 15 is 0 Å². The van der Waals surface area contributed by atoms with Gasteiger partial charge < -0.3 is 15.0 Å². The van der Waals surface area contributed by atoms with E-state index in [0.29, 0.717) is 12.0 Å². The number of piperidine rings is 1. The summed E-state index contributed by atoms with van der Waals surface area (Å²) >= 11 is 0. The lowest BCUT2D eigenvalue weighted by Crippen LogP contribution is -2.38. The Morgan fingerprint density at radius 2 is 2.20 bits per heavy atom. The van der Waals surface area contributed by atoms with Crippen molar-refractivity contribution in [2.45, 2.75) is 32.7 Å². The molecule has 0 saturated carbocycles. The lowest BCUT2D eigenvalue weighted by atomic mass is 9.96. The summed E-state index contributed by atoms with van der Waals surface area (Å²) in [7, 11) is 1.81. The first kappa shape index (κ1) is 15.3. The van der Waals surface area contributed by atoms with E-state index in [1.807, 2.05) is 0 Å². The van der Waals surface area contributed by atoms with Crippen LogP contribution in [-0.4, -0.2) is 33.4 Å². The molecule has 0 aliphatic carbocycles. The quantitative estimate of drug-likeness (QED) is 0.863. The Bertz CT molecular complexity index is 406. The Morgan fingerprint density at radius 1 is 1.40 bits per heavy atom. The minimum atomic E-state index is 0.402. The number of benzene rings is 1. The van der Waals surface area contributed by atoms with Gasteiger partial charge in [-0.15, -0.1) is 0 Å². The number of para-hydroxylation sites is 1. The van der Waals surface area contributed by atoms with E-state index in [1.54, 1.807) is 7.11 Å². The fourth-order valence-corrected chi connectivity index (χ4v) is 3.21. The van der Waals surface area contributed by atoms with Crippen LogP contribution in [0.5, 0.6) is 0 Å². The molecule has 1 fully saturated rings. The maximum Gasteiger partial charge on any atom is 0.0507 e. The molecule has 112 valence electrons. The molecule has 1 saturated heterocycles. The van der Waals surface area contributed by atoms with E-state index < -0.39 is 0 Å². The topological polar surface area (TPSA) is 24.5 Å². The zero-order valence-corrected chi connectivity index (χ0v) is 13.1. The van der Waals surface area contributed by atoms with Crippen molar-refractivity contribution in [3.8, 4) is 0 Å². The molecule has 1 aromatic carbocycles. The molecule has 0 radical (unpaired) electrons. The Balaban J connectivity index is 2.14. The predicted molar refractivity (Wildman–Crippen MR) is 85.3 cm³/mol. The molecule has 2 unspecified atom stereocenters. The zero-order chi connectivity index (χ0) is 14.4. The van der Waals surface area contributed by atoms with Crippen LogP contribution in [0.2, 0.25) is 0 Å². The van der Waals surface area contributed by atoms with E-state index in [1.165, 1.54) is 24.1 Å². The second kappa shape index (κ2) is 7.65. The largest absolute Gasteiger partial charge is 0.384 e. The third kappa shape index (κ3) is 3.74. The summed E-state index contributed by atoms with van der Waals surface area (Å²) in [5.41, 5.74) is 2.80. The average molecular weight is 276 g/mol. The smallest absolute Gasteiger partial charge is 0.0507 e. The van der Waals surface area contributed by atoms with Crippen molar-refractivity contribution in [2.24, 2.45) is 5.92 Å². The maximum atomic E-state index is 5.34. The van der Waals surface area contributed by atoms with Gasteiger partial charge in [-0.2, -0.15) is 0 Å². The molecule has 0 spiro atoms. The van der Waals surface area contributed by atoms with Gasteiger partial charge in [-0.3, -0.25) is 0 Å². The van der Waals surface area contributed by atoms with Crippen molar-refractivity contribution < 1.29 is 4.74 Å². The molecule has 3 heteroatoms. The third-order valence-corrected chi connectivity index (χ3v) is 4.18. The van der Waals surface area contributed by atoms with Crippen molar-refractivity contribution in [1.82, 2.24) is 5.32 Å². The fraction of sp³-hybridized carbons (Fsp3) is 0.647. The second-order valence-corrected chi connectivity index (χ2v) is 5.75. The maximum absolute atomic E-state index is 5.34. The Labute approximate surface area is 123 Å².